The normalized spacial score (nSPS) is 13.6. The fourth-order valence-corrected chi connectivity index (χ4v) is 5.27. The maximum absolute atomic E-state index is 13.3. The predicted octanol–water partition coefficient (Wildman–Crippen LogP) is 7.02. The van der Waals surface area contributed by atoms with Crippen LogP contribution in [0, 0.1) is 0 Å². The van der Waals surface area contributed by atoms with Crippen LogP contribution in [0.4, 0.5) is 17.1 Å². The Kier molecular flexibility index (Phi) is 8.00. The second-order valence-electron chi connectivity index (χ2n) is 10.4. The van der Waals surface area contributed by atoms with Gasteiger partial charge in [0.05, 0.1) is 36.8 Å². The molecule has 1 aliphatic rings. The molecule has 0 fully saturated rings. The number of fused-ring (bicyclic) bond motifs is 1. The Hall–Kier alpha value is -4.69. The van der Waals surface area contributed by atoms with Crippen LogP contribution in [0.25, 0.3) is 11.1 Å². The Labute approximate surface area is 250 Å². The minimum atomic E-state index is -0.760. The summed E-state index contributed by atoms with van der Waals surface area (Å²) in [6.45, 7) is 4.11. The Morgan fingerprint density at radius 2 is 1.62 bits per heavy atom. The van der Waals surface area contributed by atoms with Crippen LogP contribution in [0.2, 0.25) is 5.02 Å². The van der Waals surface area contributed by atoms with Gasteiger partial charge in [0.1, 0.15) is 22.8 Å². The molecule has 4 aromatic rings. The highest BCUT2D eigenvalue weighted by Gasteiger charge is 2.38. The van der Waals surface area contributed by atoms with Crippen LogP contribution in [0.3, 0.4) is 0 Å². The molecule has 216 valence electrons. The zero-order valence-electron chi connectivity index (χ0n) is 24.1. The summed E-state index contributed by atoms with van der Waals surface area (Å²) >= 11 is 5.95. The summed E-state index contributed by atoms with van der Waals surface area (Å²) in [5.41, 5.74) is 4.54. The van der Waals surface area contributed by atoms with Gasteiger partial charge in [0.15, 0.2) is 0 Å². The number of carbonyl (C=O) groups is 2. The molecule has 2 N–H and O–H groups in total. The number of hydrogen-bond acceptors (Lipinski definition) is 7. The number of para-hydroxylation sites is 2. The molecule has 5 rings (SSSR count). The zero-order chi connectivity index (χ0) is 30.0. The second kappa shape index (κ2) is 11.7. The number of ether oxygens (including phenoxy) is 3. The summed E-state index contributed by atoms with van der Waals surface area (Å²) in [4.78, 5) is 27.7. The first kappa shape index (κ1) is 28.8. The van der Waals surface area contributed by atoms with Crippen molar-refractivity contribution in [3.63, 3.8) is 0 Å². The molecule has 0 bridgehead atoms. The lowest BCUT2D eigenvalue weighted by Crippen LogP contribution is -2.52. The van der Waals surface area contributed by atoms with Crippen LogP contribution >= 0.6 is 11.6 Å². The molecule has 1 heterocycles. The number of anilines is 3. The number of halogens is 1. The summed E-state index contributed by atoms with van der Waals surface area (Å²) in [7, 11) is 4.98. The first-order chi connectivity index (χ1) is 20.1. The third-order valence-electron chi connectivity index (χ3n) is 7.22. The average molecular weight is 586 g/mol. The lowest BCUT2D eigenvalue weighted by Gasteiger charge is -2.40. The van der Waals surface area contributed by atoms with Crippen LogP contribution < -0.4 is 29.7 Å². The molecule has 8 nitrogen and oxygen atoms in total. The van der Waals surface area contributed by atoms with E-state index in [4.69, 9.17) is 25.8 Å². The van der Waals surface area contributed by atoms with E-state index in [1.807, 2.05) is 56.3 Å². The number of nitrogens with one attached hydrogen (secondary N) is 2. The molecule has 0 radical (unpaired) electrons. The highest BCUT2D eigenvalue weighted by molar-refractivity contribution is 6.30. The topological polar surface area (TPSA) is 89.1 Å². The lowest BCUT2D eigenvalue weighted by molar-refractivity contribution is -0.121. The first-order valence-electron chi connectivity index (χ1n) is 13.4. The van der Waals surface area contributed by atoms with Crippen molar-refractivity contribution in [1.29, 1.82) is 0 Å². The van der Waals surface area contributed by atoms with Crippen LogP contribution in [-0.4, -0.2) is 38.7 Å². The molecule has 0 spiro atoms. The van der Waals surface area contributed by atoms with E-state index in [0.717, 1.165) is 33.8 Å². The van der Waals surface area contributed by atoms with Gasteiger partial charge in [0.25, 0.3) is 5.91 Å². The standard InChI is InChI=1S/C33H32ClN3O5/c1-33(2)32(39)37(3)30-25(19-35-26-8-6-7-9-28(26)40-4)23(16-17-27(30)36-33)24-15-14-22(18-29(24)41-5)42-31(38)20-10-12-21(34)13-11-20/h6-18,35-36H,19H2,1-5H3. The number of methoxy groups -OCH3 is 2. The monoisotopic (exact) mass is 585 g/mol. The highest BCUT2D eigenvalue weighted by Crippen LogP contribution is 2.45. The van der Waals surface area contributed by atoms with Gasteiger partial charge in [-0.25, -0.2) is 4.79 Å². The fraction of sp³-hybridized carbons (Fsp3) is 0.212. The van der Waals surface area contributed by atoms with E-state index in [0.29, 0.717) is 34.4 Å². The van der Waals surface area contributed by atoms with E-state index in [1.165, 1.54) is 0 Å². The smallest absolute Gasteiger partial charge is 0.343 e. The molecular formula is C33H32ClN3O5. The lowest BCUT2D eigenvalue weighted by atomic mass is 9.91. The molecule has 9 heteroatoms. The van der Waals surface area contributed by atoms with Gasteiger partial charge < -0.3 is 29.7 Å². The van der Waals surface area contributed by atoms with E-state index in [1.54, 1.807) is 62.6 Å². The number of hydrogen-bond donors (Lipinski definition) is 2. The molecule has 0 unspecified atom stereocenters. The third kappa shape index (κ3) is 5.58. The molecule has 1 aliphatic heterocycles. The maximum Gasteiger partial charge on any atom is 0.343 e. The van der Waals surface area contributed by atoms with Gasteiger partial charge in [-0.2, -0.15) is 0 Å². The predicted molar refractivity (Wildman–Crippen MR) is 166 cm³/mol. The van der Waals surface area contributed by atoms with E-state index >= 15 is 0 Å². The highest BCUT2D eigenvalue weighted by atomic mass is 35.5. The van der Waals surface area contributed by atoms with Crippen molar-refractivity contribution in [1.82, 2.24) is 0 Å². The number of rotatable bonds is 8. The molecule has 0 saturated carbocycles. The van der Waals surface area contributed by atoms with Gasteiger partial charge >= 0.3 is 5.97 Å². The number of benzene rings is 4. The van der Waals surface area contributed by atoms with Crippen LogP contribution in [0.5, 0.6) is 17.2 Å². The van der Waals surface area contributed by atoms with Crippen molar-refractivity contribution in [2.24, 2.45) is 0 Å². The van der Waals surface area contributed by atoms with Gasteiger partial charge in [-0.3, -0.25) is 4.79 Å². The van der Waals surface area contributed by atoms with Crippen molar-refractivity contribution >= 4 is 40.5 Å². The van der Waals surface area contributed by atoms with E-state index in [9.17, 15) is 9.59 Å². The Morgan fingerprint density at radius 3 is 2.33 bits per heavy atom. The van der Waals surface area contributed by atoms with Gasteiger partial charge in [-0.05, 0) is 74.0 Å². The largest absolute Gasteiger partial charge is 0.496 e. The SMILES string of the molecule is COc1ccccc1NCc1c(-c2ccc(OC(=O)c3ccc(Cl)cc3)cc2OC)ccc2c1N(C)C(=O)C(C)(C)N2. The molecule has 0 aliphatic carbocycles. The summed E-state index contributed by atoms with van der Waals surface area (Å²) in [6.07, 6.45) is 0. The number of esters is 1. The van der Waals surface area contributed by atoms with Crippen molar-refractivity contribution in [3.8, 4) is 28.4 Å². The van der Waals surface area contributed by atoms with Crippen molar-refractivity contribution in [2.75, 3.05) is 36.8 Å². The van der Waals surface area contributed by atoms with Gasteiger partial charge in [-0.15, -0.1) is 0 Å². The molecule has 0 saturated heterocycles. The molecule has 4 aromatic carbocycles. The molecule has 0 atom stereocenters. The number of carbonyl (C=O) groups excluding carboxylic acids is 2. The van der Waals surface area contributed by atoms with Crippen LogP contribution in [-0.2, 0) is 11.3 Å². The first-order valence-corrected chi connectivity index (χ1v) is 13.8. The summed E-state index contributed by atoms with van der Waals surface area (Å²) in [5, 5.41) is 7.41. The van der Waals surface area contributed by atoms with E-state index in [-0.39, 0.29) is 5.91 Å². The van der Waals surface area contributed by atoms with Gasteiger partial charge in [0.2, 0.25) is 0 Å². The molecule has 0 aromatic heterocycles. The average Bonchev–Trinajstić information content (AvgIpc) is 2.99. The Bertz CT molecular complexity index is 1650. The fourth-order valence-electron chi connectivity index (χ4n) is 5.15. The summed E-state index contributed by atoms with van der Waals surface area (Å²) < 4.78 is 16.9. The molecule has 42 heavy (non-hydrogen) atoms. The minimum Gasteiger partial charge on any atom is -0.496 e. The van der Waals surface area contributed by atoms with E-state index in [2.05, 4.69) is 10.6 Å². The zero-order valence-corrected chi connectivity index (χ0v) is 24.8. The van der Waals surface area contributed by atoms with Crippen molar-refractivity contribution in [2.45, 2.75) is 25.9 Å². The molecular weight excluding hydrogens is 554 g/mol. The van der Waals surface area contributed by atoms with Crippen molar-refractivity contribution < 1.29 is 23.8 Å². The van der Waals surface area contributed by atoms with E-state index < -0.39 is 11.5 Å². The van der Waals surface area contributed by atoms with Crippen LogP contribution in [0.15, 0.2) is 78.9 Å². The number of likely N-dealkylation sites (N-methyl/N-ethyl adjacent to an activating group) is 1. The van der Waals surface area contributed by atoms with Crippen LogP contribution in [0.1, 0.15) is 29.8 Å². The van der Waals surface area contributed by atoms with Crippen molar-refractivity contribution in [3.05, 3.63) is 95.0 Å². The molecule has 1 amide bonds. The minimum absolute atomic E-state index is 0.0536. The maximum atomic E-state index is 13.3. The Morgan fingerprint density at radius 1 is 0.929 bits per heavy atom. The Balaban J connectivity index is 1.56. The summed E-state index contributed by atoms with van der Waals surface area (Å²) in [5.74, 6) is 0.982. The summed E-state index contributed by atoms with van der Waals surface area (Å²) in [6, 6.07) is 23.4. The number of nitrogens with zero attached hydrogens (tertiary/aromatic N) is 1. The number of amides is 1. The second-order valence-corrected chi connectivity index (χ2v) is 10.9. The van der Waals surface area contributed by atoms with Gasteiger partial charge in [-0.1, -0.05) is 29.8 Å². The quantitative estimate of drug-likeness (QED) is 0.170. The van der Waals surface area contributed by atoms with Gasteiger partial charge in [0, 0.05) is 35.8 Å². The third-order valence-corrected chi connectivity index (χ3v) is 7.47.